The molecule has 0 aromatic carbocycles. The molecule has 1 unspecified atom stereocenters. The molecule has 14 heavy (non-hydrogen) atoms. The summed E-state index contributed by atoms with van der Waals surface area (Å²) in [5.41, 5.74) is 6.15. The summed E-state index contributed by atoms with van der Waals surface area (Å²) >= 11 is 0. The average molecular weight is 199 g/mol. The predicted octanol–water partition coefficient (Wildman–Crippen LogP) is 2.71. The largest absolute Gasteiger partial charge is 0.379 e. The molecular formula is C12H25NO. The number of hydrogen-bond acceptors (Lipinski definition) is 2. The summed E-state index contributed by atoms with van der Waals surface area (Å²) in [7, 11) is 0. The first kappa shape index (κ1) is 12.0. The number of rotatable bonds is 5. The van der Waals surface area contributed by atoms with Crippen LogP contribution in [0, 0.1) is 5.92 Å². The molecule has 1 aliphatic rings. The molecule has 0 saturated heterocycles. The van der Waals surface area contributed by atoms with Gasteiger partial charge in [-0.25, -0.2) is 0 Å². The van der Waals surface area contributed by atoms with E-state index in [9.17, 15) is 0 Å². The highest BCUT2D eigenvalue weighted by molar-refractivity contribution is 4.76. The monoisotopic (exact) mass is 199 g/mol. The van der Waals surface area contributed by atoms with Crippen LogP contribution in [0.5, 0.6) is 0 Å². The van der Waals surface area contributed by atoms with Crippen LogP contribution in [0.1, 0.15) is 52.4 Å². The zero-order valence-electron chi connectivity index (χ0n) is 9.67. The van der Waals surface area contributed by atoms with Gasteiger partial charge in [-0.2, -0.15) is 0 Å². The highest BCUT2D eigenvalue weighted by Crippen LogP contribution is 2.26. The Morgan fingerprint density at radius 1 is 1.21 bits per heavy atom. The molecule has 1 rings (SSSR count). The topological polar surface area (TPSA) is 35.2 Å². The second-order valence-corrected chi connectivity index (χ2v) is 4.77. The Bertz CT molecular complexity index is 141. The van der Waals surface area contributed by atoms with Crippen LogP contribution < -0.4 is 5.73 Å². The van der Waals surface area contributed by atoms with Crippen molar-refractivity contribution in [2.24, 2.45) is 11.7 Å². The van der Waals surface area contributed by atoms with Gasteiger partial charge in [0.25, 0.3) is 0 Å². The summed E-state index contributed by atoms with van der Waals surface area (Å²) < 4.78 is 5.52. The molecule has 2 N–H and O–H groups in total. The Hall–Kier alpha value is -0.0800. The maximum atomic E-state index is 6.15. The first-order chi connectivity index (χ1) is 6.70. The smallest absolute Gasteiger partial charge is 0.0518 e. The van der Waals surface area contributed by atoms with E-state index in [-0.39, 0.29) is 0 Å². The van der Waals surface area contributed by atoms with Gasteiger partial charge in [0.2, 0.25) is 0 Å². The predicted molar refractivity (Wildman–Crippen MR) is 60.3 cm³/mol. The van der Waals surface area contributed by atoms with Crippen LogP contribution in [0.2, 0.25) is 0 Å². The third kappa shape index (κ3) is 4.43. The standard InChI is InChI=1S/C12H25NO/c1-10(2)14-9-8-12(13)11-6-4-3-5-7-11/h10-12H,3-9,13H2,1-2H3. The molecule has 0 bridgehead atoms. The van der Waals surface area contributed by atoms with Crippen molar-refractivity contribution in [1.82, 2.24) is 0 Å². The number of hydrogen-bond donors (Lipinski definition) is 1. The molecule has 1 atom stereocenters. The normalized spacial score (nSPS) is 21.4. The molecule has 0 aliphatic heterocycles. The van der Waals surface area contributed by atoms with Gasteiger partial charge in [-0.3, -0.25) is 0 Å². The Kier molecular flexibility index (Phi) is 5.49. The van der Waals surface area contributed by atoms with Crippen LogP contribution in [0.3, 0.4) is 0 Å². The first-order valence-corrected chi connectivity index (χ1v) is 6.07. The molecule has 84 valence electrons. The summed E-state index contributed by atoms with van der Waals surface area (Å²) in [5, 5.41) is 0. The SMILES string of the molecule is CC(C)OCCC(N)C1CCCCC1. The molecule has 0 aromatic heterocycles. The Morgan fingerprint density at radius 3 is 2.43 bits per heavy atom. The van der Waals surface area contributed by atoms with Gasteiger partial charge >= 0.3 is 0 Å². The van der Waals surface area contributed by atoms with Crippen molar-refractivity contribution in [3.63, 3.8) is 0 Å². The quantitative estimate of drug-likeness (QED) is 0.739. The Balaban J connectivity index is 2.10. The van der Waals surface area contributed by atoms with Gasteiger partial charge in [0, 0.05) is 12.6 Å². The molecule has 0 amide bonds. The van der Waals surface area contributed by atoms with E-state index in [0.717, 1.165) is 18.9 Å². The van der Waals surface area contributed by atoms with Crippen molar-refractivity contribution in [3.8, 4) is 0 Å². The molecule has 0 spiro atoms. The molecular weight excluding hydrogens is 174 g/mol. The van der Waals surface area contributed by atoms with Crippen LogP contribution in [-0.2, 0) is 4.74 Å². The third-order valence-corrected chi connectivity index (χ3v) is 3.16. The van der Waals surface area contributed by atoms with E-state index in [1.54, 1.807) is 0 Å². The zero-order chi connectivity index (χ0) is 10.4. The van der Waals surface area contributed by atoms with Crippen molar-refractivity contribution in [2.75, 3.05) is 6.61 Å². The third-order valence-electron chi connectivity index (χ3n) is 3.16. The van der Waals surface area contributed by atoms with E-state index in [4.69, 9.17) is 10.5 Å². The van der Waals surface area contributed by atoms with E-state index in [1.165, 1.54) is 32.1 Å². The molecule has 1 aliphatic carbocycles. The fourth-order valence-electron chi connectivity index (χ4n) is 2.24. The lowest BCUT2D eigenvalue weighted by molar-refractivity contribution is 0.0685. The lowest BCUT2D eigenvalue weighted by Gasteiger charge is -2.27. The molecule has 1 fully saturated rings. The molecule has 0 aromatic rings. The minimum absolute atomic E-state index is 0.341. The van der Waals surface area contributed by atoms with Crippen LogP contribution in [-0.4, -0.2) is 18.8 Å². The maximum Gasteiger partial charge on any atom is 0.0518 e. The minimum atomic E-state index is 0.341. The fraction of sp³-hybridized carbons (Fsp3) is 1.00. The number of ether oxygens (including phenoxy) is 1. The average Bonchev–Trinajstić information content (AvgIpc) is 2.18. The molecule has 2 nitrogen and oxygen atoms in total. The van der Waals surface area contributed by atoms with Crippen molar-refractivity contribution in [2.45, 2.75) is 64.5 Å². The van der Waals surface area contributed by atoms with Crippen molar-refractivity contribution < 1.29 is 4.74 Å². The van der Waals surface area contributed by atoms with Crippen LogP contribution in [0.15, 0.2) is 0 Å². The van der Waals surface area contributed by atoms with Gasteiger partial charge in [-0.1, -0.05) is 19.3 Å². The lowest BCUT2D eigenvalue weighted by Crippen LogP contribution is -2.33. The van der Waals surface area contributed by atoms with Gasteiger partial charge in [0.05, 0.1) is 6.10 Å². The van der Waals surface area contributed by atoms with E-state index in [0.29, 0.717) is 12.1 Å². The molecule has 1 saturated carbocycles. The Labute approximate surface area is 88.2 Å². The van der Waals surface area contributed by atoms with Gasteiger partial charge in [0.15, 0.2) is 0 Å². The zero-order valence-corrected chi connectivity index (χ0v) is 9.67. The van der Waals surface area contributed by atoms with Gasteiger partial charge in [-0.05, 0) is 39.0 Å². The van der Waals surface area contributed by atoms with Gasteiger partial charge in [0.1, 0.15) is 0 Å². The van der Waals surface area contributed by atoms with Crippen molar-refractivity contribution >= 4 is 0 Å². The maximum absolute atomic E-state index is 6.15. The molecule has 2 heteroatoms. The fourth-order valence-corrected chi connectivity index (χ4v) is 2.24. The van der Waals surface area contributed by atoms with E-state index < -0.39 is 0 Å². The van der Waals surface area contributed by atoms with Gasteiger partial charge < -0.3 is 10.5 Å². The molecule has 0 radical (unpaired) electrons. The Morgan fingerprint density at radius 2 is 1.86 bits per heavy atom. The van der Waals surface area contributed by atoms with Gasteiger partial charge in [-0.15, -0.1) is 0 Å². The van der Waals surface area contributed by atoms with Crippen LogP contribution >= 0.6 is 0 Å². The highest BCUT2D eigenvalue weighted by Gasteiger charge is 2.19. The lowest BCUT2D eigenvalue weighted by atomic mass is 9.83. The summed E-state index contributed by atoms with van der Waals surface area (Å²) in [4.78, 5) is 0. The minimum Gasteiger partial charge on any atom is -0.379 e. The van der Waals surface area contributed by atoms with Crippen LogP contribution in [0.4, 0.5) is 0 Å². The van der Waals surface area contributed by atoms with Crippen LogP contribution in [0.25, 0.3) is 0 Å². The second-order valence-electron chi connectivity index (χ2n) is 4.77. The summed E-state index contributed by atoms with van der Waals surface area (Å²) in [5.74, 6) is 0.763. The molecule has 0 heterocycles. The summed E-state index contributed by atoms with van der Waals surface area (Å²) in [6, 6.07) is 0.369. The second kappa shape index (κ2) is 6.41. The van der Waals surface area contributed by atoms with Crippen molar-refractivity contribution in [3.05, 3.63) is 0 Å². The summed E-state index contributed by atoms with van der Waals surface area (Å²) in [6.07, 6.45) is 8.21. The first-order valence-electron chi connectivity index (χ1n) is 6.07. The van der Waals surface area contributed by atoms with E-state index in [2.05, 4.69) is 13.8 Å². The summed E-state index contributed by atoms with van der Waals surface area (Å²) in [6.45, 7) is 4.98. The highest BCUT2D eigenvalue weighted by atomic mass is 16.5. The van der Waals surface area contributed by atoms with Crippen molar-refractivity contribution in [1.29, 1.82) is 0 Å². The van der Waals surface area contributed by atoms with E-state index >= 15 is 0 Å². The van der Waals surface area contributed by atoms with E-state index in [1.807, 2.05) is 0 Å². The number of nitrogens with two attached hydrogens (primary N) is 1.